The zero-order chi connectivity index (χ0) is 19.1. The predicted molar refractivity (Wildman–Crippen MR) is 99.9 cm³/mol. The lowest BCUT2D eigenvalue weighted by molar-refractivity contribution is -0.143. The third kappa shape index (κ3) is 3.21. The molecule has 0 unspecified atom stereocenters. The highest BCUT2D eigenvalue weighted by atomic mass is 32.1. The van der Waals surface area contributed by atoms with Gasteiger partial charge in [-0.3, -0.25) is 9.59 Å². The summed E-state index contributed by atoms with van der Waals surface area (Å²) in [5.74, 6) is -1.83. The summed E-state index contributed by atoms with van der Waals surface area (Å²) >= 11 is 1.32. The molecule has 0 radical (unpaired) electrons. The molecule has 1 N–H and O–H groups in total. The average Bonchev–Trinajstić information content (AvgIpc) is 3.23. The number of rotatable bonds is 3. The quantitative estimate of drug-likeness (QED) is 0.747. The first kappa shape index (κ1) is 17.7. The molecule has 1 saturated heterocycles. The highest BCUT2D eigenvalue weighted by molar-refractivity contribution is 7.20. The molecule has 140 valence electrons. The second-order valence-electron chi connectivity index (χ2n) is 6.73. The van der Waals surface area contributed by atoms with Gasteiger partial charge in [0, 0.05) is 18.5 Å². The SMILES string of the molecule is Cc1nn(-c2ccc(F)cc2)c2sc(C(=O)N3CCC[C@H](C(=O)O)C3)cc12. The summed E-state index contributed by atoms with van der Waals surface area (Å²) in [5, 5.41) is 14.6. The third-order valence-corrected chi connectivity index (χ3v) is 5.98. The second-order valence-corrected chi connectivity index (χ2v) is 7.76. The Morgan fingerprint density at radius 2 is 2.04 bits per heavy atom. The van der Waals surface area contributed by atoms with Crippen molar-refractivity contribution in [3.8, 4) is 5.69 Å². The van der Waals surface area contributed by atoms with Gasteiger partial charge in [-0.1, -0.05) is 0 Å². The number of amides is 1. The Morgan fingerprint density at radius 1 is 1.30 bits per heavy atom. The zero-order valence-corrected chi connectivity index (χ0v) is 15.5. The van der Waals surface area contributed by atoms with Gasteiger partial charge in [-0.25, -0.2) is 9.07 Å². The van der Waals surface area contributed by atoms with E-state index in [9.17, 15) is 19.1 Å². The first-order valence-electron chi connectivity index (χ1n) is 8.71. The van der Waals surface area contributed by atoms with E-state index in [0.717, 1.165) is 21.6 Å². The van der Waals surface area contributed by atoms with Gasteiger partial charge in [0.05, 0.1) is 22.2 Å². The topological polar surface area (TPSA) is 75.4 Å². The van der Waals surface area contributed by atoms with Crippen molar-refractivity contribution in [2.24, 2.45) is 5.92 Å². The maximum Gasteiger partial charge on any atom is 0.308 e. The van der Waals surface area contributed by atoms with Crippen molar-refractivity contribution >= 4 is 33.4 Å². The monoisotopic (exact) mass is 387 g/mol. The molecule has 0 spiro atoms. The molecule has 1 atom stereocenters. The smallest absolute Gasteiger partial charge is 0.308 e. The van der Waals surface area contributed by atoms with Gasteiger partial charge in [0.15, 0.2) is 0 Å². The molecule has 1 fully saturated rings. The minimum absolute atomic E-state index is 0.146. The number of nitrogens with zero attached hydrogens (tertiary/aromatic N) is 3. The summed E-state index contributed by atoms with van der Waals surface area (Å²) in [5.41, 5.74) is 1.51. The fourth-order valence-electron chi connectivity index (χ4n) is 3.43. The number of hydrogen-bond donors (Lipinski definition) is 1. The van der Waals surface area contributed by atoms with E-state index in [4.69, 9.17) is 0 Å². The van der Waals surface area contributed by atoms with E-state index < -0.39 is 11.9 Å². The van der Waals surface area contributed by atoms with Crippen molar-refractivity contribution < 1.29 is 19.1 Å². The van der Waals surface area contributed by atoms with Crippen molar-refractivity contribution in [2.75, 3.05) is 13.1 Å². The van der Waals surface area contributed by atoms with Gasteiger partial charge in [0.2, 0.25) is 0 Å². The number of likely N-dealkylation sites (tertiary alicyclic amines) is 1. The number of aryl methyl sites for hydroxylation is 1. The first-order chi connectivity index (χ1) is 12.9. The molecule has 4 rings (SSSR count). The number of aliphatic carboxylic acids is 1. The first-order valence-corrected chi connectivity index (χ1v) is 9.53. The van der Waals surface area contributed by atoms with Crippen LogP contribution in [0.2, 0.25) is 0 Å². The summed E-state index contributed by atoms with van der Waals surface area (Å²) in [6.45, 7) is 2.68. The van der Waals surface area contributed by atoms with Crippen molar-refractivity contribution in [3.63, 3.8) is 0 Å². The van der Waals surface area contributed by atoms with E-state index in [1.54, 1.807) is 21.7 Å². The number of piperidine rings is 1. The van der Waals surface area contributed by atoms with Gasteiger partial charge in [0.25, 0.3) is 5.91 Å². The number of thiophene rings is 1. The Bertz CT molecular complexity index is 1020. The molecule has 0 aliphatic carbocycles. The fraction of sp³-hybridized carbons (Fsp3) is 0.316. The summed E-state index contributed by atoms with van der Waals surface area (Å²) in [6, 6.07) is 7.85. The number of carboxylic acid groups (broad SMARTS) is 1. The van der Waals surface area contributed by atoms with E-state index in [2.05, 4.69) is 5.10 Å². The van der Waals surface area contributed by atoms with Crippen LogP contribution < -0.4 is 0 Å². The molecule has 3 heterocycles. The number of carbonyl (C=O) groups is 2. The van der Waals surface area contributed by atoms with E-state index >= 15 is 0 Å². The van der Waals surface area contributed by atoms with Crippen LogP contribution in [0.4, 0.5) is 4.39 Å². The van der Waals surface area contributed by atoms with Crippen LogP contribution in [0.1, 0.15) is 28.2 Å². The average molecular weight is 387 g/mol. The van der Waals surface area contributed by atoms with E-state index in [-0.39, 0.29) is 18.3 Å². The molecule has 3 aromatic rings. The second kappa shape index (κ2) is 6.77. The van der Waals surface area contributed by atoms with E-state index in [0.29, 0.717) is 24.3 Å². The molecule has 1 amide bonds. The normalized spacial score (nSPS) is 17.4. The molecule has 0 bridgehead atoms. The fourth-order valence-corrected chi connectivity index (χ4v) is 4.58. The molecular weight excluding hydrogens is 369 g/mol. The van der Waals surface area contributed by atoms with Crippen LogP contribution in [0.5, 0.6) is 0 Å². The summed E-state index contributed by atoms with van der Waals surface area (Å²) in [7, 11) is 0. The van der Waals surface area contributed by atoms with Gasteiger partial charge in [-0.15, -0.1) is 11.3 Å². The maximum absolute atomic E-state index is 13.2. The lowest BCUT2D eigenvalue weighted by Crippen LogP contribution is -2.42. The van der Waals surface area contributed by atoms with Crippen LogP contribution in [0.3, 0.4) is 0 Å². The van der Waals surface area contributed by atoms with Crippen LogP contribution in [0.15, 0.2) is 30.3 Å². The molecule has 1 aliphatic rings. The minimum Gasteiger partial charge on any atom is -0.481 e. The highest BCUT2D eigenvalue weighted by Gasteiger charge is 2.30. The molecular formula is C19H18FN3O3S. The molecule has 1 aliphatic heterocycles. The number of benzene rings is 1. The van der Waals surface area contributed by atoms with Gasteiger partial charge in [-0.05, 0) is 50.1 Å². The van der Waals surface area contributed by atoms with Crippen LogP contribution in [-0.2, 0) is 4.79 Å². The number of carboxylic acids is 1. The number of aromatic nitrogens is 2. The largest absolute Gasteiger partial charge is 0.481 e. The van der Waals surface area contributed by atoms with E-state index in [1.807, 2.05) is 13.0 Å². The molecule has 0 saturated carbocycles. The third-order valence-electron chi connectivity index (χ3n) is 4.88. The lowest BCUT2D eigenvalue weighted by atomic mass is 9.98. The molecule has 2 aromatic heterocycles. The molecule has 6 nitrogen and oxygen atoms in total. The Kier molecular flexibility index (Phi) is 4.43. The lowest BCUT2D eigenvalue weighted by Gasteiger charge is -2.30. The Hall–Kier alpha value is -2.74. The van der Waals surface area contributed by atoms with Crippen molar-refractivity contribution in [1.29, 1.82) is 0 Å². The number of halogens is 1. The minimum atomic E-state index is -0.855. The Labute approximate surface area is 158 Å². The van der Waals surface area contributed by atoms with Gasteiger partial charge in [0.1, 0.15) is 10.6 Å². The van der Waals surface area contributed by atoms with Crippen LogP contribution in [0, 0.1) is 18.7 Å². The zero-order valence-electron chi connectivity index (χ0n) is 14.7. The van der Waals surface area contributed by atoms with Gasteiger partial charge in [-0.2, -0.15) is 5.10 Å². The Morgan fingerprint density at radius 3 is 2.74 bits per heavy atom. The molecule has 27 heavy (non-hydrogen) atoms. The van der Waals surface area contributed by atoms with Crippen LogP contribution in [0.25, 0.3) is 15.9 Å². The molecule has 8 heteroatoms. The number of fused-ring (bicyclic) bond motifs is 1. The van der Waals surface area contributed by atoms with E-state index in [1.165, 1.54) is 23.5 Å². The molecule has 1 aromatic carbocycles. The van der Waals surface area contributed by atoms with Gasteiger partial charge < -0.3 is 10.0 Å². The summed E-state index contributed by atoms with van der Waals surface area (Å²) in [4.78, 5) is 27.2. The standard InChI is InChI=1S/C19H18FN3O3S/c1-11-15-9-16(17(24)22-8-2-3-12(10-22)19(25)26)27-18(15)23(21-11)14-6-4-13(20)5-7-14/h4-7,9,12H,2-3,8,10H2,1H3,(H,25,26)/t12-/m0/s1. The summed E-state index contributed by atoms with van der Waals surface area (Å²) < 4.78 is 14.9. The number of hydrogen-bond acceptors (Lipinski definition) is 4. The van der Waals surface area contributed by atoms with Crippen LogP contribution >= 0.6 is 11.3 Å². The van der Waals surface area contributed by atoms with Crippen molar-refractivity contribution in [1.82, 2.24) is 14.7 Å². The van der Waals surface area contributed by atoms with Crippen molar-refractivity contribution in [2.45, 2.75) is 19.8 Å². The van der Waals surface area contributed by atoms with Gasteiger partial charge >= 0.3 is 5.97 Å². The Balaban J connectivity index is 1.67. The maximum atomic E-state index is 13.2. The highest BCUT2D eigenvalue weighted by Crippen LogP contribution is 2.32. The number of carbonyl (C=O) groups excluding carboxylic acids is 1. The predicted octanol–water partition coefficient (Wildman–Crippen LogP) is 3.47. The van der Waals surface area contributed by atoms with Crippen LogP contribution in [-0.4, -0.2) is 44.8 Å². The van der Waals surface area contributed by atoms with Crippen molar-refractivity contribution in [3.05, 3.63) is 46.7 Å². The summed E-state index contributed by atoms with van der Waals surface area (Å²) in [6.07, 6.45) is 1.29.